The topological polar surface area (TPSA) is 54.2 Å². The maximum atomic E-state index is 5.49. The van der Waals surface area contributed by atoms with Crippen LogP contribution in [0.15, 0.2) is 35.1 Å². The van der Waals surface area contributed by atoms with Gasteiger partial charge >= 0.3 is 0 Å². The van der Waals surface area contributed by atoms with Gasteiger partial charge in [0.1, 0.15) is 6.26 Å². The average Bonchev–Trinajstić information content (AvgIpc) is 2.86. The number of nitrogens with one attached hydrogen (secondary N) is 1. The number of oxazole rings is 1. The molecule has 18 heavy (non-hydrogen) atoms. The molecule has 0 amide bonds. The van der Waals surface area contributed by atoms with E-state index in [0.717, 1.165) is 17.9 Å². The minimum absolute atomic E-state index is 0.647. The van der Waals surface area contributed by atoms with Crippen LogP contribution >= 0.6 is 0 Å². The number of rotatable bonds is 6. The molecular formula is C13H18N4O. The highest BCUT2D eigenvalue weighted by Gasteiger charge is 2.12. The van der Waals surface area contributed by atoms with Crippen LogP contribution in [0.1, 0.15) is 18.3 Å². The van der Waals surface area contributed by atoms with Gasteiger partial charge in [0.05, 0.1) is 17.9 Å². The van der Waals surface area contributed by atoms with E-state index in [9.17, 15) is 0 Å². The molecule has 96 valence electrons. The van der Waals surface area contributed by atoms with E-state index in [-0.39, 0.29) is 0 Å². The molecule has 0 aliphatic carbocycles. The Morgan fingerprint density at radius 2 is 2.22 bits per heavy atom. The van der Waals surface area contributed by atoms with E-state index >= 15 is 0 Å². The molecular weight excluding hydrogens is 228 g/mol. The molecule has 2 aromatic rings. The molecule has 2 rings (SSSR count). The number of aromatic nitrogens is 2. The fourth-order valence-corrected chi connectivity index (χ4v) is 1.71. The second-order valence-corrected chi connectivity index (χ2v) is 3.99. The SMILES string of the molecule is CCN(Cc1ccccn1)c1nc(CNC)co1. The van der Waals surface area contributed by atoms with Gasteiger partial charge in [-0.2, -0.15) is 4.98 Å². The van der Waals surface area contributed by atoms with E-state index < -0.39 is 0 Å². The van der Waals surface area contributed by atoms with Crippen molar-refractivity contribution in [3.63, 3.8) is 0 Å². The minimum Gasteiger partial charge on any atom is -0.432 e. The number of nitrogens with zero attached hydrogens (tertiary/aromatic N) is 3. The quantitative estimate of drug-likeness (QED) is 0.842. The summed E-state index contributed by atoms with van der Waals surface area (Å²) in [5.74, 6) is 0. The monoisotopic (exact) mass is 246 g/mol. The molecule has 0 aromatic carbocycles. The summed E-state index contributed by atoms with van der Waals surface area (Å²) >= 11 is 0. The maximum Gasteiger partial charge on any atom is 0.297 e. The summed E-state index contributed by atoms with van der Waals surface area (Å²) in [4.78, 5) is 10.8. The Bertz CT molecular complexity index is 469. The second-order valence-electron chi connectivity index (χ2n) is 3.99. The predicted octanol–water partition coefficient (Wildman–Crippen LogP) is 1.82. The predicted molar refractivity (Wildman–Crippen MR) is 70.2 cm³/mol. The Morgan fingerprint density at radius 1 is 1.33 bits per heavy atom. The van der Waals surface area contributed by atoms with Crippen molar-refractivity contribution in [3.05, 3.63) is 42.0 Å². The fourth-order valence-electron chi connectivity index (χ4n) is 1.71. The summed E-state index contributed by atoms with van der Waals surface area (Å²) in [5, 5.41) is 3.05. The van der Waals surface area contributed by atoms with Gasteiger partial charge in [-0.3, -0.25) is 4.98 Å². The van der Waals surface area contributed by atoms with Crippen LogP contribution in [0.5, 0.6) is 0 Å². The zero-order valence-electron chi connectivity index (χ0n) is 10.8. The van der Waals surface area contributed by atoms with Gasteiger partial charge in [-0.15, -0.1) is 0 Å². The van der Waals surface area contributed by atoms with Crippen LogP contribution in [0.4, 0.5) is 6.01 Å². The average molecular weight is 246 g/mol. The second kappa shape index (κ2) is 6.16. The maximum absolute atomic E-state index is 5.49. The van der Waals surface area contributed by atoms with E-state index in [1.807, 2.05) is 25.2 Å². The Hall–Kier alpha value is -1.88. The molecule has 5 nitrogen and oxygen atoms in total. The Labute approximate surface area is 107 Å². The van der Waals surface area contributed by atoms with Crippen molar-refractivity contribution in [1.29, 1.82) is 0 Å². The minimum atomic E-state index is 0.647. The molecule has 0 radical (unpaired) electrons. The Balaban J connectivity index is 2.08. The number of hydrogen-bond acceptors (Lipinski definition) is 5. The molecule has 0 saturated heterocycles. The van der Waals surface area contributed by atoms with Crippen molar-refractivity contribution in [3.8, 4) is 0 Å². The van der Waals surface area contributed by atoms with Crippen molar-refractivity contribution in [2.75, 3.05) is 18.5 Å². The van der Waals surface area contributed by atoms with Crippen LogP contribution in [0.2, 0.25) is 0 Å². The van der Waals surface area contributed by atoms with E-state index in [4.69, 9.17) is 4.42 Å². The first-order chi connectivity index (χ1) is 8.83. The Morgan fingerprint density at radius 3 is 2.89 bits per heavy atom. The lowest BCUT2D eigenvalue weighted by atomic mass is 10.3. The van der Waals surface area contributed by atoms with Crippen molar-refractivity contribution in [1.82, 2.24) is 15.3 Å². The van der Waals surface area contributed by atoms with Crippen molar-refractivity contribution in [2.45, 2.75) is 20.0 Å². The molecule has 0 atom stereocenters. The summed E-state index contributed by atoms with van der Waals surface area (Å²) in [6.07, 6.45) is 3.48. The summed E-state index contributed by atoms with van der Waals surface area (Å²) < 4.78 is 5.49. The molecule has 0 fully saturated rings. The third kappa shape index (κ3) is 3.07. The molecule has 0 aliphatic heterocycles. The van der Waals surface area contributed by atoms with E-state index in [2.05, 4.69) is 27.1 Å². The van der Waals surface area contributed by atoms with Gasteiger partial charge in [0, 0.05) is 19.3 Å². The van der Waals surface area contributed by atoms with Gasteiger partial charge in [-0.25, -0.2) is 0 Å². The third-order valence-corrected chi connectivity index (χ3v) is 2.63. The molecule has 0 bridgehead atoms. The van der Waals surface area contributed by atoms with Crippen molar-refractivity contribution in [2.24, 2.45) is 0 Å². The zero-order valence-corrected chi connectivity index (χ0v) is 10.8. The van der Waals surface area contributed by atoms with Crippen LogP contribution in [0.3, 0.4) is 0 Å². The highest BCUT2D eigenvalue weighted by atomic mass is 16.4. The zero-order chi connectivity index (χ0) is 12.8. The lowest BCUT2D eigenvalue weighted by Crippen LogP contribution is -2.23. The third-order valence-electron chi connectivity index (χ3n) is 2.63. The van der Waals surface area contributed by atoms with Crippen LogP contribution in [-0.4, -0.2) is 23.6 Å². The van der Waals surface area contributed by atoms with E-state index in [1.165, 1.54) is 0 Å². The summed E-state index contributed by atoms with van der Waals surface area (Å²) in [7, 11) is 1.89. The van der Waals surface area contributed by atoms with Gasteiger partial charge < -0.3 is 14.6 Å². The van der Waals surface area contributed by atoms with Crippen LogP contribution < -0.4 is 10.2 Å². The summed E-state index contributed by atoms with van der Waals surface area (Å²) in [6, 6.07) is 6.54. The first kappa shape index (κ1) is 12.6. The molecule has 1 N–H and O–H groups in total. The summed E-state index contributed by atoms with van der Waals surface area (Å²) in [5.41, 5.74) is 1.92. The van der Waals surface area contributed by atoms with Crippen LogP contribution in [-0.2, 0) is 13.1 Å². The lowest BCUT2D eigenvalue weighted by molar-refractivity contribution is 0.532. The molecule has 0 saturated carbocycles. The molecule has 5 heteroatoms. The Kier molecular flexibility index (Phi) is 4.30. The van der Waals surface area contributed by atoms with E-state index in [1.54, 1.807) is 12.5 Å². The molecule has 2 aromatic heterocycles. The highest BCUT2D eigenvalue weighted by molar-refractivity contribution is 5.28. The normalized spacial score (nSPS) is 10.6. The lowest BCUT2D eigenvalue weighted by Gasteiger charge is -2.17. The van der Waals surface area contributed by atoms with E-state index in [0.29, 0.717) is 19.1 Å². The summed E-state index contributed by atoms with van der Waals surface area (Å²) in [6.45, 7) is 4.32. The number of pyridine rings is 1. The van der Waals surface area contributed by atoms with Gasteiger partial charge in [-0.1, -0.05) is 6.07 Å². The smallest absolute Gasteiger partial charge is 0.297 e. The standard InChI is InChI=1S/C13H18N4O/c1-3-17(9-11-6-4-5-7-15-11)13-16-12(8-14-2)10-18-13/h4-7,10,14H,3,8-9H2,1-2H3. The fraction of sp³-hybridized carbons (Fsp3) is 0.385. The molecule has 0 unspecified atom stereocenters. The van der Waals surface area contributed by atoms with Gasteiger partial charge in [0.25, 0.3) is 6.01 Å². The largest absolute Gasteiger partial charge is 0.432 e. The first-order valence-corrected chi connectivity index (χ1v) is 6.07. The van der Waals surface area contributed by atoms with Gasteiger partial charge in [0.15, 0.2) is 0 Å². The highest BCUT2D eigenvalue weighted by Crippen LogP contribution is 2.15. The molecule has 0 aliphatic rings. The number of anilines is 1. The van der Waals surface area contributed by atoms with Gasteiger partial charge in [0.2, 0.25) is 0 Å². The van der Waals surface area contributed by atoms with Crippen molar-refractivity contribution >= 4 is 6.01 Å². The molecule has 2 heterocycles. The molecule has 0 spiro atoms. The van der Waals surface area contributed by atoms with Crippen molar-refractivity contribution < 1.29 is 4.42 Å². The van der Waals surface area contributed by atoms with Gasteiger partial charge in [-0.05, 0) is 26.1 Å². The first-order valence-electron chi connectivity index (χ1n) is 6.07. The van der Waals surface area contributed by atoms with Crippen LogP contribution in [0.25, 0.3) is 0 Å². The van der Waals surface area contributed by atoms with Crippen LogP contribution in [0, 0.1) is 0 Å². The number of hydrogen-bond donors (Lipinski definition) is 1.